The van der Waals surface area contributed by atoms with E-state index in [2.05, 4.69) is 67.9 Å². The molecule has 1 N–H and O–H groups in total. The van der Waals surface area contributed by atoms with Gasteiger partial charge in [0.2, 0.25) is 5.13 Å². The summed E-state index contributed by atoms with van der Waals surface area (Å²) in [5.74, 6) is 0.362. The molecule has 0 unspecified atom stereocenters. The zero-order valence-electron chi connectivity index (χ0n) is 11.0. The third-order valence-corrected chi connectivity index (χ3v) is 4.74. The lowest BCUT2D eigenvalue weighted by molar-refractivity contribution is 0.102. The largest absolute Gasteiger partial charge is 0.296 e. The minimum Gasteiger partial charge on any atom is -0.296 e. The summed E-state index contributed by atoms with van der Waals surface area (Å²) in [7, 11) is 0. The lowest BCUT2D eigenvalue weighted by Gasteiger charge is -2.04. The van der Waals surface area contributed by atoms with Crippen LogP contribution in [0, 0.1) is 9.49 Å². The van der Waals surface area contributed by atoms with Gasteiger partial charge in [-0.1, -0.05) is 41.1 Å². The van der Waals surface area contributed by atoms with Crippen LogP contribution in [0.5, 0.6) is 0 Å². The first-order chi connectivity index (χ1) is 9.45. The fourth-order valence-electron chi connectivity index (χ4n) is 1.57. The Hall–Kier alpha value is -0.540. The molecule has 0 aliphatic carbocycles. The van der Waals surface area contributed by atoms with Gasteiger partial charge in [-0.2, -0.15) is 0 Å². The highest BCUT2D eigenvalue weighted by molar-refractivity contribution is 14.1. The molecule has 0 saturated heterocycles. The van der Waals surface area contributed by atoms with Gasteiger partial charge in [0, 0.05) is 14.5 Å². The van der Waals surface area contributed by atoms with Gasteiger partial charge in [-0.25, -0.2) is 0 Å². The van der Waals surface area contributed by atoms with E-state index in [1.807, 2.05) is 12.1 Å². The lowest BCUT2D eigenvalue weighted by Crippen LogP contribution is -2.13. The van der Waals surface area contributed by atoms with Crippen LogP contribution >= 0.6 is 49.9 Å². The van der Waals surface area contributed by atoms with Crippen LogP contribution in [-0.4, -0.2) is 16.1 Å². The molecule has 0 radical (unpaired) electrons. The maximum Gasteiger partial charge on any atom is 0.258 e. The monoisotopic (exact) mass is 465 g/mol. The molecule has 20 heavy (non-hydrogen) atoms. The Balaban J connectivity index is 2.11. The van der Waals surface area contributed by atoms with Crippen LogP contribution in [0.2, 0.25) is 0 Å². The number of anilines is 1. The molecule has 0 aliphatic rings. The number of amides is 1. The second kappa shape index (κ2) is 6.95. The van der Waals surface area contributed by atoms with Crippen LogP contribution in [0.15, 0.2) is 22.7 Å². The van der Waals surface area contributed by atoms with Gasteiger partial charge in [-0.05, 0) is 46.7 Å². The van der Waals surface area contributed by atoms with Crippen molar-refractivity contribution in [3.63, 3.8) is 0 Å². The van der Waals surface area contributed by atoms with Gasteiger partial charge < -0.3 is 0 Å². The van der Waals surface area contributed by atoms with Crippen molar-refractivity contribution in [1.82, 2.24) is 10.2 Å². The average Bonchev–Trinajstić information content (AvgIpc) is 2.78. The van der Waals surface area contributed by atoms with Gasteiger partial charge in [-0.15, -0.1) is 10.2 Å². The van der Waals surface area contributed by atoms with Crippen LogP contribution in [-0.2, 0) is 6.42 Å². The molecule has 2 aromatic rings. The van der Waals surface area contributed by atoms with Crippen molar-refractivity contribution in [3.8, 4) is 0 Å². The number of hydrogen-bond acceptors (Lipinski definition) is 4. The van der Waals surface area contributed by atoms with Gasteiger partial charge in [0.05, 0.1) is 5.56 Å². The Morgan fingerprint density at radius 3 is 2.90 bits per heavy atom. The van der Waals surface area contributed by atoms with Crippen molar-refractivity contribution in [2.75, 3.05) is 5.32 Å². The number of hydrogen-bond donors (Lipinski definition) is 1. The number of rotatable bonds is 4. The number of aromatic nitrogens is 2. The van der Waals surface area contributed by atoms with Crippen LogP contribution in [0.1, 0.15) is 29.2 Å². The average molecular weight is 466 g/mol. The molecule has 0 atom stereocenters. The third kappa shape index (κ3) is 4.23. The highest BCUT2D eigenvalue weighted by atomic mass is 127. The smallest absolute Gasteiger partial charge is 0.258 e. The van der Waals surface area contributed by atoms with Gasteiger partial charge in [-0.3, -0.25) is 10.1 Å². The minimum atomic E-state index is -0.164. The molecule has 1 amide bonds. The molecular formula is C13H13BrIN3OS. The Morgan fingerprint density at radius 1 is 1.45 bits per heavy atom. The minimum absolute atomic E-state index is 0.164. The van der Waals surface area contributed by atoms with Crippen molar-refractivity contribution in [3.05, 3.63) is 36.8 Å². The Labute approximate surface area is 143 Å². The van der Waals surface area contributed by atoms with Crippen molar-refractivity contribution in [2.24, 2.45) is 5.92 Å². The second-order valence-electron chi connectivity index (χ2n) is 4.68. The highest BCUT2D eigenvalue weighted by Crippen LogP contribution is 2.22. The van der Waals surface area contributed by atoms with Crippen molar-refractivity contribution < 1.29 is 4.79 Å². The molecule has 0 bridgehead atoms. The third-order valence-electron chi connectivity index (χ3n) is 2.44. The lowest BCUT2D eigenvalue weighted by atomic mass is 10.1. The zero-order valence-corrected chi connectivity index (χ0v) is 15.5. The van der Waals surface area contributed by atoms with Gasteiger partial charge >= 0.3 is 0 Å². The van der Waals surface area contributed by atoms with Crippen molar-refractivity contribution >= 4 is 60.9 Å². The predicted molar refractivity (Wildman–Crippen MR) is 93.3 cm³/mol. The van der Waals surface area contributed by atoms with Crippen molar-refractivity contribution in [1.29, 1.82) is 0 Å². The topological polar surface area (TPSA) is 54.9 Å². The maximum atomic E-state index is 12.2. The fraction of sp³-hybridized carbons (Fsp3) is 0.308. The summed E-state index contributed by atoms with van der Waals surface area (Å²) in [5, 5.41) is 12.4. The standard InChI is InChI=1S/C13H13BrIN3OS/c1-7(2)5-11-17-18-13(20-11)16-12(19)9-6-8(14)3-4-10(9)15/h3-4,6-7H,5H2,1-2H3,(H,16,18,19). The first kappa shape index (κ1) is 15.8. The highest BCUT2D eigenvalue weighted by Gasteiger charge is 2.13. The SMILES string of the molecule is CC(C)Cc1nnc(NC(=O)c2cc(Br)ccc2I)s1. The van der Waals surface area contributed by atoms with E-state index in [-0.39, 0.29) is 5.91 Å². The Bertz CT molecular complexity index is 630. The molecule has 106 valence electrons. The molecule has 1 aromatic heterocycles. The van der Waals surface area contributed by atoms with E-state index in [0.29, 0.717) is 16.6 Å². The second-order valence-corrected chi connectivity index (χ2v) is 7.82. The van der Waals surface area contributed by atoms with E-state index < -0.39 is 0 Å². The van der Waals surface area contributed by atoms with E-state index in [1.165, 1.54) is 11.3 Å². The van der Waals surface area contributed by atoms with Crippen LogP contribution in [0.25, 0.3) is 0 Å². The Morgan fingerprint density at radius 2 is 2.20 bits per heavy atom. The molecule has 4 nitrogen and oxygen atoms in total. The van der Waals surface area contributed by atoms with Crippen LogP contribution in [0.3, 0.4) is 0 Å². The molecule has 0 saturated carbocycles. The van der Waals surface area contributed by atoms with E-state index in [4.69, 9.17) is 0 Å². The molecule has 0 aliphatic heterocycles. The molecule has 1 heterocycles. The first-order valence-corrected chi connectivity index (χ1v) is 8.73. The summed E-state index contributed by atoms with van der Waals surface area (Å²) in [6, 6.07) is 5.60. The number of nitrogens with zero attached hydrogens (tertiary/aromatic N) is 2. The zero-order chi connectivity index (χ0) is 14.7. The maximum absolute atomic E-state index is 12.2. The van der Waals surface area contributed by atoms with E-state index >= 15 is 0 Å². The van der Waals surface area contributed by atoms with Crippen molar-refractivity contribution in [2.45, 2.75) is 20.3 Å². The number of nitrogens with one attached hydrogen (secondary N) is 1. The normalized spacial score (nSPS) is 10.8. The van der Waals surface area contributed by atoms with E-state index in [0.717, 1.165) is 19.5 Å². The van der Waals surface area contributed by atoms with E-state index in [1.54, 1.807) is 6.07 Å². The summed E-state index contributed by atoms with van der Waals surface area (Å²) in [4.78, 5) is 12.2. The molecule has 2 rings (SSSR count). The summed E-state index contributed by atoms with van der Waals surface area (Å²) in [5.41, 5.74) is 0.626. The predicted octanol–water partition coefficient (Wildman–Crippen LogP) is 4.36. The van der Waals surface area contributed by atoms with Crippen LogP contribution < -0.4 is 5.32 Å². The molecule has 1 aromatic carbocycles. The molecule has 7 heteroatoms. The number of carbonyl (C=O) groups excluding carboxylic acids is 1. The first-order valence-electron chi connectivity index (χ1n) is 6.04. The summed E-state index contributed by atoms with van der Waals surface area (Å²) in [6.07, 6.45) is 0.877. The molecule has 0 spiro atoms. The fourth-order valence-corrected chi connectivity index (χ4v) is 3.46. The summed E-state index contributed by atoms with van der Waals surface area (Å²) >= 11 is 6.94. The number of halogens is 2. The number of carbonyl (C=O) groups is 1. The summed E-state index contributed by atoms with van der Waals surface area (Å²) < 4.78 is 1.77. The van der Waals surface area contributed by atoms with Gasteiger partial charge in [0.1, 0.15) is 5.01 Å². The van der Waals surface area contributed by atoms with Gasteiger partial charge in [0.15, 0.2) is 0 Å². The van der Waals surface area contributed by atoms with Crippen LogP contribution in [0.4, 0.5) is 5.13 Å². The van der Waals surface area contributed by atoms with Gasteiger partial charge in [0.25, 0.3) is 5.91 Å². The summed E-state index contributed by atoms with van der Waals surface area (Å²) in [6.45, 7) is 4.26. The number of benzene rings is 1. The van der Waals surface area contributed by atoms with E-state index in [9.17, 15) is 4.79 Å². The molecule has 0 fully saturated rings. The Kier molecular flexibility index (Phi) is 5.50. The quantitative estimate of drug-likeness (QED) is 0.682. The molecular weight excluding hydrogens is 453 g/mol.